The fraction of sp³-hybridized carbons (Fsp3) is 0.368. The molecule has 0 aliphatic heterocycles. The average molecular weight is 421 g/mol. The monoisotopic (exact) mass is 420 g/mol. The SMILES string of the molecule is CC(C)Oc1ccncc1C(O)(c1nc2ccc(Br)cc2s1)C(C)C. The average Bonchev–Trinajstić information content (AvgIpc) is 2.97. The van der Waals surface area contributed by atoms with E-state index >= 15 is 0 Å². The highest BCUT2D eigenvalue weighted by Crippen LogP contribution is 2.44. The normalized spacial score (nSPS) is 14.2. The van der Waals surface area contributed by atoms with Gasteiger partial charge in [-0.15, -0.1) is 11.3 Å². The van der Waals surface area contributed by atoms with Crippen LogP contribution in [0.15, 0.2) is 41.1 Å². The van der Waals surface area contributed by atoms with Crippen molar-refractivity contribution in [1.29, 1.82) is 0 Å². The van der Waals surface area contributed by atoms with E-state index in [9.17, 15) is 5.11 Å². The molecule has 1 atom stereocenters. The van der Waals surface area contributed by atoms with Crippen molar-refractivity contribution in [2.75, 3.05) is 0 Å². The number of pyridine rings is 1. The molecule has 0 saturated carbocycles. The van der Waals surface area contributed by atoms with Crippen LogP contribution in [0.25, 0.3) is 10.2 Å². The number of benzene rings is 1. The predicted molar refractivity (Wildman–Crippen MR) is 105 cm³/mol. The van der Waals surface area contributed by atoms with Crippen LogP contribution in [0.3, 0.4) is 0 Å². The summed E-state index contributed by atoms with van der Waals surface area (Å²) >= 11 is 4.99. The van der Waals surface area contributed by atoms with Gasteiger partial charge in [0.2, 0.25) is 0 Å². The number of aliphatic hydroxyl groups is 1. The summed E-state index contributed by atoms with van der Waals surface area (Å²) in [4.78, 5) is 8.93. The van der Waals surface area contributed by atoms with E-state index in [-0.39, 0.29) is 12.0 Å². The number of halogens is 1. The zero-order valence-electron chi connectivity index (χ0n) is 14.7. The largest absolute Gasteiger partial charge is 0.490 e. The highest BCUT2D eigenvalue weighted by molar-refractivity contribution is 9.10. The summed E-state index contributed by atoms with van der Waals surface area (Å²) in [5, 5.41) is 12.4. The fourth-order valence-electron chi connectivity index (χ4n) is 2.76. The van der Waals surface area contributed by atoms with Crippen LogP contribution in [0.1, 0.15) is 38.3 Å². The summed E-state index contributed by atoms with van der Waals surface area (Å²) in [5.41, 5.74) is 0.253. The summed E-state index contributed by atoms with van der Waals surface area (Å²) in [7, 11) is 0. The number of hydrogen-bond acceptors (Lipinski definition) is 5. The van der Waals surface area contributed by atoms with Gasteiger partial charge in [-0.25, -0.2) is 4.98 Å². The van der Waals surface area contributed by atoms with Crippen LogP contribution in [0.2, 0.25) is 0 Å². The summed E-state index contributed by atoms with van der Waals surface area (Å²) in [6.07, 6.45) is 3.36. The van der Waals surface area contributed by atoms with E-state index < -0.39 is 5.60 Å². The van der Waals surface area contributed by atoms with Crippen molar-refractivity contribution in [2.24, 2.45) is 5.92 Å². The maximum Gasteiger partial charge on any atom is 0.148 e. The topological polar surface area (TPSA) is 55.2 Å². The Bertz CT molecular complexity index is 894. The van der Waals surface area contributed by atoms with Gasteiger partial charge < -0.3 is 9.84 Å². The Morgan fingerprint density at radius 3 is 2.64 bits per heavy atom. The molecular weight excluding hydrogens is 400 g/mol. The minimum atomic E-state index is -1.27. The van der Waals surface area contributed by atoms with E-state index in [1.807, 2.05) is 45.9 Å². The van der Waals surface area contributed by atoms with Gasteiger partial charge in [0.1, 0.15) is 16.4 Å². The van der Waals surface area contributed by atoms with Gasteiger partial charge in [-0.3, -0.25) is 4.98 Å². The molecule has 0 aliphatic carbocycles. The van der Waals surface area contributed by atoms with Crippen LogP contribution in [0, 0.1) is 5.92 Å². The van der Waals surface area contributed by atoms with Crippen LogP contribution in [0.5, 0.6) is 5.75 Å². The Balaban J connectivity index is 2.19. The summed E-state index contributed by atoms with van der Waals surface area (Å²) < 4.78 is 7.95. The molecule has 4 nitrogen and oxygen atoms in total. The molecular formula is C19H21BrN2O2S. The van der Waals surface area contributed by atoms with Gasteiger partial charge in [0.15, 0.2) is 0 Å². The molecule has 6 heteroatoms. The fourth-order valence-corrected chi connectivity index (χ4v) is 4.53. The Morgan fingerprint density at radius 1 is 1.20 bits per heavy atom. The van der Waals surface area contributed by atoms with Gasteiger partial charge in [-0.05, 0) is 44.0 Å². The molecule has 1 N–H and O–H groups in total. The first-order chi connectivity index (χ1) is 11.8. The second-order valence-electron chi connectivity index (χ2n) is 6.59. The van der Waals surface area contributed by atoms with E-state index in [1.165, 1.54) is 11.3 Å². The van der Waals surface area contributed by atoms with Gasteiger partial charge >= 0.3 is 0 Å². The van der Waals surface area contributed by atoms with Crippen molar-refractivity contribution in [3.05, 3.63) is 51.7 Å². The molecule has 0 aliphatic rings. The number of aromatic nitrogens is 2. The molecule has 2 heterocycles. The summed E-state index contributed by atoms with van der Waals surface area (Å²) in [5.74, 6) is 0.539. The van der Waals surface area contributed by atoms with Crippen LogP contribution in [-0.2, 0) is 5.60 Å². The van der Waals surface area contributed by atoms with E-state index in [1.54, 1.807) is 18.5 Å². The Labute approximate surface area is 160 Å². The van der Waals surface area contributed by atoms with Crippen LogP contribution in [0.4, 0.5) is 0 Å². The third-order valence-electron chi connectivity index (χ3n) is 4.07. The van der Waals surface area contributed by atoms with Crippen molar-refractivity contribution in [3.8, 4) is 5.75 Å². The standard InChI is InChI=1S/C19H21BrN2O2S/c1-11(2)19(23,14-10-21-8-7-16(14)24-12(3)4)18-22-15-6-5-13(20)9-17(15)25-18/h5-12,23H,1-4H3. The van der Waals surface area contributed by atoms with Gasteiger partial charge in [-0.1, -0.05) is 29.8 Å². The second kappa shape index (κ2) is 7.02. The molecule has 2 aromatic heterocycles. The van der Waals surface area contributed by atoms with Crippen molar-refractivity contribution in [2.45, 2.75) is 39.4 Å². The lowest BCUT2D eigenvalue weighted by Gasteiger charge is -2.32. The number of thiazole rings is 1. The van der Waals surface area contributed by atoms with Crippen molar-refractivity contribution in [1.82, 2.24) is 9.97 Å². The zero-order chi connectivity index (χ0) is 18.2. The number of ether oxygens (including phenoxy) is 1. The van der Waals surface area contributed by atoms with Gasteiger partial charge in [0.05, 0.1) is 21.9 Å². The number of hydrogen-bond donors (Lipinski definition) is 1. The molecule has 0 saturated heterocycles. The first-order valence-corrected chi connectivity index (χ1v) is 9.83. The van der Waals surface area contributed by atoms with Crippen molar-refractivity contribution >= 4 is 37.5 Å². The second-order valence-corrected chi connectivity index (χ2v) is 8.54. The molecule has 3 aromatic rings. The van der Waals surface area contributed by atoms with E-state index in [0.29, 0.717) is 16.3 Å². The number of nitrogens with zero attached hydrogens (tertiary/aromatic N) is 2. The first-order valence-electron chi connectivity index (χ1n) is 8.22. The summed E-state index contributed by atoms with van der Waals surface area (Å²) in [6, 6.07) is 7.73. The summed E-state index contributed by atoms with van der Waals surface area (Å²) in [6.45, 7) is 7.89. The lowest BCUT2D eigenvalue weighted by Crippen LogP contribution is -2.34. The van der Waals surface area contributed by atoms with Crippen molar-refractivity contribution < 1.29 is 9.84 Å². The van der Waals surface area contributed by atoms with E-state index in [4.69, 9.17) is 9.72 Å². The lowest BCUT2D eigenvalue weighted by molar-refractivity contribution is 0.0276. The molecule has 1 aromatic carbocycles. The molecule has 0 fully saturated rings. The highest BCUT2D eigenvalue weighted by Gasteiger charge is 2.41. The molecule has 25 heavy (non-hydrogen) atoms. The molecule has 3 rings (SSSR count). The quantitative estimate of drug-likeness (QED) is 0.621. The zero-order valence-corrected chi connectivity index (χ0v) is 17.1. The lowest BCUT2D eigenvalue weighted by atomic mass is 9.84. The predicted octanol–water partition coefficient (Wildman–Crippen LogP) is 5.13. The molecule has 132 valence electrons. The van der Waals surface area contributed by atoms with E-state index in [0.717, 1.165) is 14.7 Å². The number of fused-ring (bicyclic) bond motifs is 1. The van der Waals surface area contributed by atoms with Crippen LogP contribution < -0.4 is 4.74 Å². The third kappa shape index (κ3) is 3.43. The third-order valence-corrected chi connectivity index (χ3v) is 5.70. The minimum absolute atomic E-state index is 0.00360. The van der Waals surface area contributed by atoms with Gasteiger partial charge in [0.25, 0.3) is 0 Å². The van der Waals surface area contributed by atoms with Crippen LogP contribution in [-0.4, -0.2) is 21.2 Å². The molecule has 1 unspecified atom stereocenters. The Hall–Kier alpha value is -1.50. The maximum absolute atomic E-state index is 11.7. The molecule has 0 amide bonds. The maximum atomic E-state index is 11.7. The van der Waals surface area contributed by atoms with E-state index in [2.05, 4.69) is 20.9 Å². The van der Waals surface area contributed by atoms with Crippen LogP contribution >= 0.6 is 27.3 Å². The highest BCUT2D eigenvalue weighted by atomic mass is 79.9. The first kappa shape index (κ1) is 18.3. The molecule has 0 radical (unpaired) electrons. The number of rotatable bonds is 5. The smallest absolute Gasteiger partial charge is 0.148 e. The molecule has 0 spiro atoms. The Morgan fingerprint density at radius 2 is 1.96 bits per heavy atom. The van der Waals surface area contributed by atoms with Gasteiger partial charge in [0, 0.05) is 16.9 Å². The molecule has 0 bridgehead atoms. The van der Waals surface area contributed by atoms with Crippen molar-refractivity contribution in [3.63, 3.8) is 0 Å². The minimum Gasteiger partial charge on any atom is -0.490 e. The Kier molecular flexibility index (Phi) is 5.14. The van der Waals surface area contributed by atoms with Gasteiger partial charge in [-0.2, -0.15) is 0 Å².